The van der Waals surface area contributed by atoms with Crippen LogP contribution in [0.3, 0.4) is 0 Å². The van der Waals surface area contributed by atoms with Crippen molar-refractivity contribution in [3.8, 4) is 0 Å². The molecule has 0 fully saturated rings. The average Bonchev–Trinajstić information content (AvgIpc) is 2.17. The minimum Gasteiger partial charge on any atom is -0.475 e. The predicted molar refractivity (Wildman–Crippen MR) is 55.8 cm³/mol. The number of hydrogen-bond donors (Lipinski definition) is 0. The largest absolute Gasteiger partial charge is 0.475 e. The Labute approximate surface area is 80.7 Å². The smallest absolute Gasteiger partial charge is 0.208 e. The summed E-state index contributed by atoms with van der Waals surface area (Å²) in [5.41, 5.74) is 0. The van der Waals surface area contributed by atoms with Crippen LogP contribution in [0.1, 0.15) is 40.0 Å². The first-order chi connectivity index (χ1) is 6.26. The van der Waals surface area contributed by atoms with E-state index in [1.54, 1.807) is 0 Å². The predicted octanol–water partition coefficient (Wildman–Crippen LogP) is 3.14. The zero-order valence-corrected chi connectivity index (χ0v) is 8.79. The summed E-state index contributed by atoms with van der Waals surface area (Å²) < 4.78 is 5.70. The molecule has 1 atom stereocenters. The van der Waals surface area contributed by atoms with Gasteiger partial charge in [0.05, 0.1) is 6.10 Å². The molecule has 0 radical (unpaired) electrons. The molecule has 13 heavy (non-hydrogen) atoms. The van der Waals surface area contributed by atoms with Gasteiger partial charge in [0.2, 0.25) is 5.88 Å². The van der Waals surface area contributed by atoms with Crippen LogP contribution in [0.25, 0.3) is 0 Å². The Morgan fingerprint density at radius 2 is 2.23 bits per heavy atom. The molecule has 0 N–H and O–H groups in total. The second-order valence-corrected chi connectivity index (χ2v) is 3.59. The topological polar surface area (TPSA) is 21.6 Å². The number of ether oxygens (including phenoxy) is 1. The minimum absolute atomic E-state index is 0.330. The molecular weight excluding hydrogens is 162 g/mol. The Bertz CT molecular complexity index is 204. The quantitative estimate of drug-likeness (QED) is 0.653. The van der Waals surface area contributed by atoms with Gasteiger partial charge in [-0.3, -0.25) is 0 Å². The maximum Gasteiger partial charge on any atom is 0.208 e. The second kappa shape index (κ2) is 5.05. The van der Waals surface area contributed by atoms with Gasteiger partial charge < -0.3 is 4.74 Å². The molecule has 0 unspecified atom stereocenters. The lowest BCUT2D eigenvalue weighted by molar-refractivity contribution is 0.106. The third-order valence-electron chi connectivity index (χ3n) is 2.32. The first-order valence-corrected chi connectivity index (χ1v) is 5.17. The van der Waals surface area contributed by atoms with E-state index in [1.165, 1.54) is 0 Å². The summed E-state index contributed by atoms with van der Waals surface area (Å²) in [4.78, 5) is 4.26. The lowest BCUT2D eigenvalue weighted by Crippen LogP contribution is -2.11. The van der Waals surface area contributed by atoms with Crippen LogP contribution in [0.4, 0.5) is 0 Å². The maximum atomic E-state index is 5.70. The summed E-state index contributed by atoms with van der Waals surface area (Å²) in [7, 11) is 0. The van der Waals surface area contributed by atoms with Crippen LogP contribution < -0.4 is 0 Å². The van der Waals surface area contributed by atoms with E-state index in [1.807, 2.05) is 6.21 Å². The van der Waals surface area contributed by atoms with E-state index in [0.29, 0.717) is 12.0 Å². The summed E-state index contributed by atoms with van der Waals surface area (Å²) >= 11 is 0. The number of hydrogen-bond acceptors (Lipinski definition) is 2. The first kappa shape index (κ1) is 10.3. The second-order valence-electron chi connectivity index (χ2n) is 3.59. The van der Waals surface area contributed by atoms with Crippen LogP contribution >= 0.6 is 0 Å². The van der Waals surface area contributed by atoms with Crippen molar-refractivity contribution >= 4 is 6.21 Å². The van der Waals surface area contributed by atoms with E-state index in [-0.39, 0.29) is 0 Å². The fourth-order valence-corrected chi connectivity index (χ4v) is 1.31. The van der Waals surface area contributed by atoms with Gasteiger partial charge in [0.15, 0.2) is 0 Å². The van der Waals surface area contributed by atoms with E-state index < -0.39 is 0 Å². The highest BCUT2D eigenvalue weighted by molar-refractivity contribution is 5.63. The molecule has 0 amide bonds. The van der Waals surface area contributed by atoms with Crippen LogP contribution in [-0.4, -0.2) is 12.3 Å². The third kappa shape index (κ3) is 3.21. The van der Waals surface area contributed by atoms with Crippen LogP contribution in [0.2, 0.25) is 0 Å². The summed E-state index contributed by atoms with van der Waals surface area (Å²) in [6, 6.07) is 0. The SMILES string of the molecule is CCC(CC)OC1=CC[C@@H](C)C=N1. The molecule has 0 aliphatic carbocycles. The minimum atomic E-state index is 0.330. The monoisotopic (exact) mass is 181 g/mol. The normalized spacial score (nSPS) is 21.8. The van der Waals surface area contributed by atoms with Gasteiger partial charge >= 0.3 is 0 Å². The molecule has 74 valence electrons. The Morgan fingerprint density at radius 3 is 2.69 bits per heavy atom. The number of rotatable bonds is 4. The van der Waals surface area contributed by atoms with Crippen LogP contribution in [-0.2, 0) is 4.74 Å². The standard InChI is InChI=1S/C11H19NO/c1-4-10(5-2)13-11-7-6-9(3)8-12-11/h7-10H,4-6H2,1-3H3/t9-/m1/s1. The summed E-state index contributed by atoms with van der Waals surface area (Å²) in [6.45, 7) is 6.45. The highest BCUT2D eigenvalue weighted by Gasteiger charge is 2.09. The average molecular weight is 181 g/mol. The molecule has 1 aliphatic heterocycles. The van der Waals surface area contributed by atoms with E-state index >= 15 is 0 Å². The van der Waals surface area contributed by atoms with Crippen LogP contribution in [0.5, 0.6) is 0 Å². The summed E-state index contributed by atoms with van der Waals surface area (Å²) in [6.07, 6.45) is 7.55. The van der Waals surface area contributed by atoms with Crippen LogP contribution in [0.15, 0.2) is 17.0 Å². The molecular formula is C11H19NO. The van der Waals surface area contributed by atoms with Gasteiger partial charge in [-0.2, -0.15) is 0 Å². The molecule has 0 spiro atoms. The van der Waals surface area contributed by atoms with Crippen molar-refractivity contribution in [2.45, 2.75) is 46.1 Å². The number of allylic oxidation sites excluding steroid dienone is 1. The molecule has 0 saturated carbocycles. The van der Waals surface area contributed by atoms with E-state index in [0.717, 1.165) is 25.1 Å². The van der Waals surface area contributed by atoms with E-state index in [2.05, 4.69) is 31.8 Å². The van der Waals surface area contributed by atoms with Gasteiger partial charge in [0.1, 0.15) is 0 Å². The zero-order valence-electron chi connectivity index (χ0n) is 8.79. The van der Waals surface area contributed by atoms with Gasteiger partial charge in [-0.1, -0.05) is 20.8 Å². The van der Waals surface area contributed by atoms with E-state index in [9.17, 15) is 0 Å². The lowest BCUT2D eigenvalue weighted by atomic mass is 10.1. The number of aliphatic imine (C=N–C) groups is 1. The molecule has 0 aromatic rings. The van der Waals surface area contributed by atoms with Crippen molar-refractivity contribution in [1.29, 1.82) is 0 Å². The highest BCUT2D eigenvalue weighted by Crippen LogP contribution is 2.16. The number of nitrogens with zero attached hydrogens (tertiary/aromatic N) is 1. The van der Waals surface area contributed by atoms with Crippen molar-refractivity contribution in [1.82, 2.24) is 0 Å². The molecule has 2 heteroatoms. The lowest BCUT2D eigenvalue weighted by Gasteiger charge is -2.18. The molecule has 0 saturated heterocycles. The zero-order chi connectivity index (χ0) is 9.68. The van der Waals surface area contributed by atoms with Gasteiger partial charge in [-0.05, 0) is 31.3 Å². The van der Waals surface area contributed by atoms with Gasteiger partial charge in [0, 0.05) is 6.21 Å². The van der Waals surface area contributed by atoms with Crippen molar-refractivity contribution in [3.05, 3.63) is 12.0 Å². The molecule has 0 aromatic carbocycles. The Kier molecular flexibility index (Phi) is 4.00. The highest BCUT2D eigenvalue weighted by atomic mass is 16.5. The molecule has 0 bridgehead atoms. The van der Waals surface area contributed by atoms with Crippen molar-refractivity contribution in [2.24, 2.45) is 10.9 Å². The summed E-state index contributed by atoms with van der Waals surface area (Å²) in [5.74, 6) is 1.38. The van der Waals surface area contributed by atoms with Gasteiger partial charge in [-0.15, -0.1) is 0 Å². The molecule has 0 aromatic heterocycles. The Balaban J connectivity index is 2.41. The molecule has 1 rings (SSSR count). The molecule has 1 heterocycles. The Hall–Kier alpha value is -0.790. The summed E-state index contributed by atoms with van der Waals surface area (Å²) in [5, 5.41) is 0. The van der Waals surface area contributed by atoms with Gasteiger partial charge in [-0.25, -0.2) is 4.99 Å². The van der Waals surface area contributed by atoms with Crippen molar-refractivity contribution in [2.75, 3.05) is 0 Å². The van der Waals surface area contributed by atoms with Crippen molar-refractivity contribution in [3.63, 3.8) is 0 Å². The fraction of sp³-hybridized carbons (Fsp3) is 0.727. The van der Waals surface area contributed by atoms with E-state index in [4.69, 9.17) is 4.74 Å². The fourth-order valence-electron chi connectivity index (χ4n) is 1.31. The van der Waals surface area contributed by atoms with Crippen molar-refractivity contribution < 1.29 is 4.74 Å². The van der Waals surface area contributed by atoms with Gasteiger partial charge in [0.25, 0.3) is 0 Å². The van der Waals surface area contributed by atoms with Crippen LogP contribution in [0, 0.1) is 5.92 Å². The maximum absolute atomic E-state index is 5.70. The first-order valence-electron chi connectivity index (χ1n) is 5.17. The third-order valence-corrected chi connectivity index (χ3v) is 2.32. The Morgan fingerprint density at radius 1 is 1.54 bits per heavy atom. The molecule has 2 nitrogen and oxygen atoms in total. The molecule has 1 aliphatic rings.